The summed E-state index contributed by atoms with van der Waals surface area (Å²) in [7, 11) is 0. The third kappa shape index (κ3) is 7.31. The zero-order chi connectivity index (χ0) is 17.7. The summed E-state index contributed by atoms with van der Waals surface area (Å²) in [6.45, 7) is 7.62. The first kappa shape index (κ1) is 19.9. The van der Waals surface area contributed by atoms with Crippen molar-refractivity contribution in [3.8, 4) is 0 Å². The first-order valence-electron chi connectivity index (χ1n) is 7.60. The molecule has 1 aromatic carbocycles. The van der Waals surface area contributed by atoms with E-state index < -0.39 is 17.2 Å². The fraction of sp³-hybridized carbons (Fsp3) is 0.588. The molecule has 1 aromatic rings. The Hall–Kier alpha value is -1.14. The van der Waals surface area contributed by atoms with Gasteiger partial charge in [0.25, 0.3) is 0 Å². The number of thioether (sulfide) groups is 1. The largest absolute Gasteiger partial charge is 0.383 e. The van der Waals surface area contributed by atoms with Gasteiger partial charge in [0.2, 0.25) is 5.91 Å². The topological polar surface area (TPSA) is 49.3 Å². The molecule has 0 aromatic heterocycles. The summed E-state index contributed by atoms with van der Waals surface area (Å²) in [5.74, 6) is -0.851. The Bertz CT molecular complexity index is 542. The summed E-state index contributed by atoms with van der Waals surface area (Å²) in [4.78, 5) is 11.8. The number of halogens is 2. The molecule has 1 rings (SSSR count). The van der Waals surface area contributed by atoms with Gasteiger partial charge in [-0.15, -0.1) is 0 Å². The zero-order valence-electron chi connectivity index (χ0n) is 14.1. The fourth-order valence-electron chi connectivity index (χ4n) is 1.99. The monoisotopic (exact) mass is 345 g/mol. The molecule has 0 saturated heterocycles. The Morgan fingerprint density at radius 1 is 1.26 bits per heavy atom. The van der Waals surface area contributed by atoms with Crippen molar-refractivity contribution in [2.45, 2.75) is 50.9 Å². The molecule has 0 spiro atoms. The van der Waals surface area contributed by atoms with Gasteiger partial charge in [0, 0.05) is 22.8 Å². The van der Waals surface area contributed by atoms with Gasteiger partial charge in [-0.1, -0.05) is 26.8 Å². The van der Waals surface area contributed by atoms with Crippen LogP contribution in [0.15, 0.2) is 18.2 Å². The molecule has 0 aliphatic heterocycles. The molecule has 130 valence electrons. The molecule has 2 N–H and O–H groups in total. The highest BCUT2D eigenvalue weighted by atomic mass is 32.2. The van der Waals surface area contributed by atoms with E-state index in [-0.39, 0.29) is 22.8 Å². The van der Waals surface area contributed by atoms with Crippen LogP contribution < -0.4 is 5.32 Å². The molecular formula is C17H25F2NO2S. The van der Waals surface area contributed by atoms with E-state index in [1.54, 1.807) is 11.8 Å². The zero-order valence-corrected chi connectivity index (χ0v) is 14.9. The SMILES string of the molecule is CC(C)(C)SCCCC(=O)NCC(C)(O)c1ccc(F)cc1F. The number of nitrogens with one attached hydrogen (secondary N) is 1. The van der Waals surface area contributed by atoms with Crippen LogP contribution in [0.5, 0.6) is 0 Å². The maximum Gasteiger partial charge on any atom is 0.220 e. The second kappa shape index (κ2) is 8.11. The van der Waals surface area contributed by atoms with E-state index in [0.717, 1.165) is 24.3 Å². The van der Waals surface area contributed by atoms with Crippen molar-refractivity contribution in [3.63, 3.8) is 0 Å². The van der Waals surface area contributed by atoms with Crippen molar-refractivity contribution in [3.05, 3.63) is 35.4 Å². The van der Waals surface area contributed by atoms with Crippen LogP contribution >= 0.6 is 11.8 Å². The molecular weight excluding hydrogens is 320 g/mol. The number of hydrogen-bond donors (Lipinski definition) is 2. The molecule has 6 heteroatoms. The number of aliphatic hydroxyl groups is 1. The van der Waals surface area contributed by atoms with E-state index in [9.17, 15) is 18.7 Å². The second-order valence-corrected chi connectivity index (χ2v) is 8.66. The highest BCUT2D eigenvalue weighted by molar-refractivity contribution is 8.00. The second-order valence-electron chi connectivity index (χ2n) is 6.74. The Morgan fingerprint density at radius 3 is 2.48 bits per heavy atom. The van der Waals surface area contributed by atoms with Crippen LogP contribution in [0.4, 0.5) is 8.78 Å². The van der Waals surface area contributed by atoms with E-state index in [0.29, 0.717) is 6.42 Å². The van der Waals surface area contributed by atoms with Crippen LogP contribution in [0.3, 0.4) is 0 Å². The Kier molecular flexibility index (Phi) is 7.02. The molecule has 0 fully saturated rings. The Balaban J connectivity index is 2.45. The Labute approximate surface area is 140 Å². The number of amides is 1. The van der Waals surface area contributed by atoms with E-state index in [1.807, 2.05) is 0 Å². The van der Waals surface area contributed by atoms with E-state index in [1.165, 1.54) is 13.0 Å². The third-order valence-corrected chi connectivity index (χ3v) is 4.58. The van der Waals surface area contributed by atoms with Gasteiger partial charge in [0.1, 0.15) is 17.2 Å². The van der Waals surface area contributed by atoms with Crippen LogP contribution in [0.25, 0.3) is 0 Å². The minimum Gasteiger partial charge on any atom is -0.383 e. The number of carbonyl (C=O) groups is 1. The molecule has 0 bridgehead atoms. The van der Waals surface area contributed by atoms with Crippen molar-refractivity contribution < 1.29 is 18.7 Å². The van der Waals surface area contributed by atoms with Crippen LogP contribution in [-0.2, 0) is 10.4 Å². The third-order valence-electron chi connectivity index (χ3n) is 3.22. The first-order valence-corrected chi connectivity index (χ1v) is 8.58. The van der Waals surface area contributed by atoms with E-state index >= 15 is 0 Å². The van der Waals surface area contributed by atoms with Gasteiger partial charge in [0.05, 0.1) is 6.54 Å². The van der Waals surface area contributed by atoms with Crippen LogP contribution in [0.2, 0.25) is 0 Å². The lowest BCUT2D eigenvalue weighted by atomic mass is 9.95. The minimum atomic E-state index is -1.59. The maximum absolute atomic E-state index is 13.7. The van der Waals surface area contributed by atoms with Crippen molar-refractivity contribution in [2.75, 3.05) is 12.3 Å². The average molecular weight is 345 g/mol. The van der Waals surface area contributed by atoms with Gasteiger partial charge in [0.15, 0.2) is 0 Å². The molecule has 0 aliphatic rings. The summed E-state index contributed by atoms with van der Waals surface area (Å²) in [5.41, 5.74) is -1.63. The predicted octanol–water partition coefficient (Wildman–Crippen LogP) is 3.60. The lowest BCUT2D eigenvalue weighted by Gasteiger charge is -2.25. The van der Waals surface area contributed by atoms with Gasteiger partial charge in [-0.2, -0.15) is 11.8 Å². The van der Waals surface area contributed by atoms with Gasteiger partial charge in [-0.3, -0.25) is 4.79 Å². The molecule has 0 saturated carbocycles. The van der Waals surface area contributed by atoms with Crippen molar-refractivity contribution in [1.82, 2.24) is 5.32 Å². The molecule has 1 atom stereocenters. The van der Waals surface area contributed by atoms with Crippen molar-refractivity contribution in [2.24, 2.45) is 0 Å². The quantitative estimate of drug-likeness (QED) is 0.743. The number of hydrogen-bond acceptors (Lipinski definition) is 3. The van der Waals surface area contributed by atoms with E-state index in [2.05, 4.69) is 26.1 Å². The van der Waals surface area contributed by atoms with Crippen LogP contribution in [0.1, 0.15) is 46.1 Å². The highest BCUT2D eigenvalue weighted by Gasteiger charge is 2.27. The van der Waals surface area contributed by atoms with Gasteiger partial charge >= 0.3 is 0 Å². The van der Waals surface area contributed by atoms with Crippen LogP contribution in [0, 0.1) is 11.6 Å². The number of benzene rings is 1. The number of carbonyl (C=O) groups excluding carboxylic acids is 1. The van der Waals surface area contributed by atoms with E-state index in [4.69, 9.17) is 0 Å². The fourth-order valence-corrected chi connectivity index (χ4v) is 2.89. The predicted molar refractivity (Wildman–Crippen MR) is 90.4 cm³/mol. The molecule has 0 radical (unpaired) electrons. The lowest BCUT2D eigenvalue weighted by molar-refractivity contribution is -0.122. The van der Waals surface area contributed by atoms with Crippen LogP contribution in [-0.4, -0.2) is 28.1 Å². The molecule has 0 aliphatic carbocycles. The molecule has 1 amide bonds. The minimum absolute atomic E-state index is 0.0394. The summed E-state index contributed by atoms with van der Waals surface area (Å²) in [6.07, 6.45) is 1.09. The number of rotatable bonds is 7. The van der Waals surface area contributed by atoms with Crippen molar-refractivity contribution >= 4 is 17.7 Å². The summed E-state index contributed by atoms with van der Waals surface area (Å²) in [6, 6.07) is 2.99. The lowest BCUT2D eigenvalue weighted by Crippen LogP contribution is -2.39. The Morgan fingerprint density at radius 2 is 1.91 bits per heavy atom. The summed E-state index contributed by atoms with van der Waals surface area (Å²) in [5, 5.41) is 12.9. The smallest absolute Gasteiger partial charge is 0.220 e. The maximum atomic E-state index is 13.7. The van der Waals surface area contributed by atoms with Gasteiger partial charge in [-0.05, 0) is 25.2 Å². The summed E-state index contributed by atoms with van der Waals surface area (Å²) < 4.78 is 26.8. The van der Waals surface area contributed by atoms with Gasteiger partial charge in [-0.25, -0.2) is 8.78 Å². The molecule has 23 heavy (non-hydrogen) atoms. The standard InChI is InChI=1S/C17H25F2NO2S/c1-16(2,3)23-9-5-6-15(21)20-11-17(4,22)13-8-7-12(18)10-14(13)19/h7-8,10,22H,5-6,9,11H2,1-4H3,(H,20,21). The van der Waals surface area contributed by atoms with Gasteiger partial charge < -0.3 is 10.4 Å². The highest BCUT2D eigenvalue weighted by Crippen LogP contribution is 2.25. The molecule has 1 unspecified atom stereocenters. The molecule has 3 nitrogen and oxygen atoms in total. The normalized spacial score (nSPS) is 14.4. The van der Waals surface area contributed by atoms with Crippen molar-refractivity contribution in [1.29, 1.82) is 0 Å². The summed E-state index contributed by atoms with van der Waals surface area (Å²) >= 11 is 1.78. The molecule has 0 heterocycles. The first-order chi connectivity index (χ1) is 10.5. The average Bonchev–Trinajstić information content (AvgIpc) is 2.40.